The van der Waals surface area contributed by atoms with E-state index >= 15 is 0 Å². The highest BCUT2D eigenvalue weighted by Crippen LogP contribution is 2.39. The summed E-state index contributed by atoms with van der Waals surface area (Å²) in [5.74, 6) is 0.777. The van der Waals surface area contributed by atoms with Crippen LogP contribution in [0.15, 0.2) is 48.5 Å². The summed E-state index contributed by atoms with van der Waals surface area (Å²) in [6, 6.07) is 16.5. The number of hydrogen-bond donors (Lipinski definition) is 1. The number of nitriles is 1. The van der Waals surface area contributed by atoms with Crippen molar-refractivity contribution >= 4 is 29.0 Å². The van der Waals surface area contributed by atoms with Crippen LogP contribution in [0.4, 0.5) is 5.82 Å². The molecule has 0 fully saturated rings. The molecule has 2 aromatic carbocycles. The molecule has 3 aromatic rings. The molecule has 0 radical (unpaired) electrons. The topological polar surface area (TPSA) is 71.9 Å². The Morgan fingerprint density at radius 3 is 2.48 bits per heavy atom. The van der Waals surface area contributed by atoms with E-state index in [9.17, 15) is 5.26 Å². The number of benzene rings is 2. The zero-order valence-electron chi connectivity index (χ0n) is 13.3. The predicted octanol–water partition coefficient (Wildman–Crippen LogP) is 5.18. The average molecular weight is 370 g/mol. The number of rotatable bonds is 3. The summed E-state index contributed by atoms with van der Waals surface area (Å²) < 4.78 is 5.39. The van der Waals surface area contributed by atoms with Crippen LogP contribution < -0.4 is 10.5 Å². The quantitative estimate of drug-likeness (QED) is 0.689. The van der Waals surface area contributed by atoms with Crippen LogP contribution in [-0.4, -0.2) is 12.1 Å². The fourth-order valence-electron chi connectivity index (χ4n) is 2.60. The molecule has 25 heavy (non-hydrogen) atoms. The van der Waals surface area contributed by atoms with Gasteiger partial charge in [-0.3, -0.25) is 0 Å². The van der Waals surface area contributed by atoms with Gasteiger partial charge in [0, 0.05) is 16.7 Å². The van der Waals surface area contributed by atoms with E-state index < -0.39 is 0 Å². The lowest BCUT2D eigenvalue weighted by Gasteiger charge is -2.13. The summed E-state index contributed by atoms with van der Waals surface area (Å²) in [6.07, 6.45) is 0. The first kappa shape index (κ1) is 17.1. The number of halogens is 2. The summed E-state index contributed by atoms with van der Waals surface area (Å²) in [5, 5.41) is 10.3. The first-order chi connectivity index (χ1) is 12.1. The smallest absolute Gasteiger partial charge is 0.142 e. The Bertz CT molecular complexity index is 996. The molecule has 0 unspecified atom stereocenters. The highest BCUT2D eigenvalue weighted by molar-refractivity contribution is 6.43. The Balaban J connectivity index is 2.31. The van der Waals surface area contributed by atoms with Crippen LogP contribution in [0.2, 0.25) is 10.0 Å². The maximum atomic E-state index is 9.51. The van der Waals surface area contributed by atoms with Crippen molar-refractivity contribution in [3.8, 4) is 34.2 Å². The molecule has 1 aromatic heterocycles. The van der Waals surface area contributed by atoms with Crippen molar-refractivity contribution in [2.24, 2.45) is 0 Å². The molecule has 1 heterocycles. The summed E-state index contributed by atoms with van der Waals surface area (Å²) in [4.78, 5) is 4.36. The minimum absolute atomic E-state index is 0.122. The Morgan fingerprint density at radius 2 is 1.76 bits per heavy atom. The molecule has 6 heteroatoms. The van der Waals surface area contributed by atoms with Gasteiger partial charge in [0.1, 0.15) is 23.2 Å². The molecule has 0 aliphatic rings. The van der Waals surface area contributed by atoms with E-state index in [0.717, 1.165) is 5.56 Å². The molecule has 0 bridgehead atoms. The first-order valence-corrected chi connectivity index (χ1v) is 8.10. The number of anilines is 1. The van der Waals surface area contributed by atoms with E-state index in [1.165, 1.54) is 0 Å². The first-order valence-electron chi connectivity index (χ1n) is 7.35. The SMILES string of the molecule is COc1ccccc1-c1cc(-c2cccc(Cl)c2Cl)c(C#N)c(N)n1. The zero-order valence-corrected chi connectivity index (χ0v) is 14.8. The number of nitrogen functional groups attached to an aromatic ring is 1. The van der Waals surface area contributed by atoms with Crippen LogP contribution in [0.1, 0.15) is 5.56 Å². The van der Waals surface area contributed by atoms with E-state index in [1.807, 2.05) is 24.3 Å². The molecule has 2 N–H and O–H groups in total. The van der Waals surface area contributed by atoms with Crippen molar-refractivity contribution in [1.82, 2.24) is 4.98 Å². The number of pyridine rings is 1. The molecule has 0 saturated carbocycles. The molecule has 4 nitrogen and oxygen atoms in total. The summed E-state index contributed by atoms with van der Waals surface area (Å²) in [6.45, 7) is 0. The molecular formula is C19H13Cl2N3O. The van der Waals surface area contributed by atoms with Gasteiger partial charge < -0.3 is 10.5 Å². The number of para-hydroxylation sites is 1. The van der Waals surface area contributed by atoms with E-state index in [4.69, 9.17) is 33.7 Å². The molecule has 0 amide bonds. The van der Waals surface area contributed by atoms with Crippen LogP contribution in [0.25, 0.3) is 22.4 Å². The van der Waals surface area contributed by atoms with Gasteiger partial charge in [-0.15, -0.1) is 0 Å². The van der Waals surface area contributed by atoms with E-state index in [0.29, 0.717) is 32.6 Å². The van der Waals surface area contributed by atoms with Gasteiger partial charge in [-0.1, -0.05) is 47.5 Å². The number of ether oxygens (including phenoxy) is 1. The van der Waals surface area contributed by atoms with Crippen LogP contribution in [-0.2, 0) is 0 Å². The van der Waals surface area contributed by atoms with Crippen LogP contribution in [0.3, 0.4) is 0 Å². The average Bonchev–Trinajstić information content (AvgIpc) is 2.63. The van der Waals surface area contributed by atoms with Gasteiger partial charge in [0.05, 0.1) is 22.8 Å². The Morgan fingerprint density at radius 1 is 1.04 bits per heavy atom. The van der Waals surface area contributed by atoms with Gasteiger partial charge in [-0.2, -0.15) is 5.26 Å². The molecular weight excluding hydrogens is 357 g/mol. The maximum absolute atomic E-state index is 9.51. The monoisotopic (exact) mass is 369 g/mol. The van der Waals surface area contributed by atoms with Gasteiger partial charge in [0.15, 0.2) is 0 Å². The third kappa shape index (κ3) is 3.12. The van der Waals surface area contributed by atoms with Gasteiger partial charge in [-0.05, 0) is 24.3 Å². The number of hydrogen-bond acceptors (Lipinski definition) is 4. The van der Waals surface area contributed by atoms with E-state index in [2.05, 4.69) is 11.1 Å². The Kier molecular flexibility index (Phi) is 4.80. The van der Waals surface area contributed by atoms with Crippen molar-refractivity contribution in [2.45, 2.75) is 0 Å². The molecule has 124 valence electrons. The second-order valence-electron chi connectivity index (χ2n) is 5.23. The summed E-state index contributed by atoms with van der Waals surface area (Å²) >= 11 is 12.5. The lowest BCUT2D eigenvalue weighted by atomic mass is 9.98. The molecule has 0 aliphatic heterocycles. The second-order valence-corrected chi connectivity index (χ2v) is 6.01. The van der Waals surface area contributed by atoms with Gasteiger partial charge >= 0.3 is 0 Å². The number of nitrogens with two attached hydrogens (primary N) is 1. The highest BCUT2D eigenvalue weighted by atomic mass is 35.5. The van der Waals surface area contributed by atoms with E-state index in [1.54, 1.807) is 31.4 Å². The van der Waals surface area contributed by atoms with Crippen molar-refractivity contribution in [3.63, 3.8) is 0 Å². The third-order valence-corrected chi connectivity index (χ3v) is 4.60. The lowest BCUT2D eigenvalue weighted by Crippen LogP contribution is -2.01. The number of nitrogens with zero attached hydrogens (tertiary/aromatic N) is 2. The number of methoxy groups -OCH3 is 1. The molecule has 0 atom stereocenters. The van der Waals surface area contributed by atoms with Crippen molar-refractivity contribution in [2.75, 3.05) is 12.8 Å². The van der Waals surface area contributed by atoms with Crippen LogP contribution in [0, 0.1) is 11.3 Å². The third-order valence-electron chi connectivity index (χ3n) is 3.78. The molecule has 3 rings (SSSR count). The second kappa shape index (κ2) is 7.02. The van der Waals surface area contributed by atoms with Crippen LogP contribution in [0.5, 0.6) is 5.75 Å². The van der Waals surface area contributed by atoms with Gasteiger partial charge in [0.2, 0.25) is 0 Å². The summed E-state index contributed by atoms with van der Waals surface area (Å²) in [5.41, 5.74) is 8.83. The van der Waals surface area contributed by atoms with Gasteiger partial charge in [-0.25, -0.2) is 4.98 Å². The normalized spacial score (nSPS) is 10.3. The highest BCUT2D eigenvalue weighted by Gasteiger charge is 2.18. The maximum Gasteiger partial charge on any atom is 0.142 e. The molecule has 0 saturated heterocycles. The van der Waals surface area contributed by atoms with Crippen molar-refractivity contribution in [1.29, 1.82) is 5.26 Å². The van der Waals surface area contributed by atoms with Crippen LogP contribution >= 0.6 is 23.2 Å². The Hall–Kier alpha value is -2.74. The Labute approximate surface area is 155 Å². The minimum atomic E-state index is 0.122. The fourth-order valence-corrected chi connectivity index (χ4v) is 3.00. The minimum Gasteiger partial charge on any atom is -0.496 e. The lowest BCUT2D eigenvalue weighted by molar-refractivity contribution is 0.416. The standard InChI is InChI=1S/C19H13Cl2N3O/c1-25-17-8-3-2-5-12(17)16-9-13(14(10-22)19(23)24-16)11-6-4-7-15(20)18(11)21/h2-9H,1H3,(H2,23,24). The van der Waals surface area contributed by atoms with E-state index in [-0.39, 0.29) is 11.4 Å². The number of aromatic nitrogens is 1. The summed E-state index contributed by atoms with van der Waals surface area (Å²) in [7, 11) is 1.58. The zero-order chi connectivity index (χ0) is 18.0. The van der Waals surface area contributed by atoms with Crippen molar-refractivity contribution in [3.05, 3.63) is 64.1 Å². The predicted molar refractivity (Wildman–Crippen MR) is 101 cm³/mol. The van der Waals surface area contributed by atoms with Crippen molar-refractivity contribution < 1.29 is 4.74 Å². The molecule has 0 aliphatic carbocycles. The van der Waals surface area contributed by atoms with Gasteiger partial charge in [0.25, 0.3) is 0 Å². The largest absolute Gasteiger partial charge is 0.496 e. The fraction of sp³-hybridized carbons (Fsp3) is 0.0526. The molecule has 0 spiro atoms.